The summed E-state index contributed by atoms with van der Waals surface area (Å²) in [4.78, 5) is 0. The standard InChI is InChI=1S/C12H16F4N2O.ClH/c13-10-5-4-8(19-12(14,15)16)7-9(10)11(18)3-1-2-6-17;/h4-5,7,11H,1-3,6,17-18H2;1H/t11-;/m1./s1. The van der Waals surface area contributed by atoms with Crippen molar-refractivity contribution in [3.63, 3.8) is 0 Å². The van der Waals surface area contributed by atoms with Crippen LogP contribution in [0.4, 0.5) is 17.6 Å². The SMILES string of the molecule is Cl.NCCCC[C@@H](N)c1cc(OC(F)(F)F)ccc1F. The maximum atomic E-state index is 13.5. The smallest absolute Gasteiger partial charge is 0.406 e. The highest BCUT2D eigenvalue weighted by molar-refractivity contribution is 5.85. The maximum absolute atomic E-state index is 13.5. The van der Waals surface area contributed by atoms with E-state index in [0.717, 1.165) is 24.6 Å². The van der Waals surface area contributed by atoms with E-state index in [0.29, 0.717) is 19.4 Å². The summed E-state index contributed by atoms with van der Waals surface area (Å²) in [6, 6.07) is 2.14. The number of benzene rings is 1. The molecular formula is C12H17ClF4N2O. The minimum atomic E-state index is -4.81. The van der Waals surface area contributed by atoms with Crippen LogP contribution in [0.25, 0.3) is 0 Å². The van der Waals surface area contributed by atoms with E-state index < -0.39 is 24.0 Å². The molecule has 0 heterocycles. The van der Waals surface area contributed by atoms with Gasteiger partial charge in [0.25, 0.3) is 0 Å². The van der Waals surface area contributed by atoms with Crippen LogP contribution in [0.5, 0.6) is 5.75 Å². The zero-order valence-electron chi connectivity index (χ0n) is 10.6. The summed E-state index contributed by atoms with van der Waals surface area (Å²) in [7, 11) is 0. The lowest BCUT2D eigenvalue weighted by molar-refractivity contribution is -0.274. The number of hydrogen-bond acceptors (Lipinski definition) is 3. The molecule has 1 atom stereocenters. The number of halogens is 5. The van der Waals surface area contributed by atoms with Crippen molar-refractivity contribution < 1.29 is 22.3 Å². The number of alkyl halides is 3. The molecule has 1 aromatic rings. The summed E-state index contributed by atoms with van der Waals surface area (Å²) in [5.74, 6) is -1.12. The first-order valence-electron chi connectivity index (χ1n) is 5.84. The van der Waals surface area contributed by atoms with Gasteiger partial charge >= 0.3 is 6.36 Å². The molecule has 0 bridgehead atoms. The predicted octanol–water partition coefficient (Wildman–Crippen LogP) is 3.27. The minimum Gasteiger partial charge on any atom is -0.406 e. The van der Waals surface area contributed by atoms with Gasteiger partial charge in [0.15, 0.2) is 0 Å². The first kappa shape index (κ1) is 18.9. The topological polar surface area (TPSA) is 61.3 Å². The first-order valence-corrected chi connectivity index (χ1v) is 5.84. The predicted molar refractivity (Wildman–Crippen MR) is 70.2 cm³/mol. The molecule has 1 aromatic carbocycles. The third-order valence-corrected chi connectivity index (χ3v) is 2.57. The van der Waals surface area contributed by atoms with E-state index in [1.807, 2.05) is 0 Å². The lowest BCUT2D eigenvalue weighted by Crippen LogP contribution is -2.18. The second-order valence-electron chi connectivity index (χ2n) is 4.12. The van der Waals surface area contributed by atoms with Crippen LogP contribution in [0.15, 0.2) is 18.2 Å². The summed E-state index contributed by atoms with van der Waals surface area (Å²) < 4.78 is 53.4. The van der Waals surface area contributed by atoms with E-state index in [1.54, 1.807) is 0 Å². The second-order valence-corrected chi connectivity index (χ2v) is 4.12. The molecule has 0 amide bonds. The normalized spacial score (nSPS) is 12.7. The molecule has 0 radical (unpaired) electrons. The maximum Gasteiger partial charge on any atom is 0.573 e. The molecule has 0 spiro atoms. The number of rotatable bonds is 6. The van der Waals surface area contributed by atoms with Crippen LogP contribution in [0.2, 0.25) is 0 Å². The van der Waals surface area contributed by atoms with Gasteiger partial charge in [-0.1, -0.05) is 6.42 Å². The Kier molecular flexibility index (Phi) is 7.85. The summed E-state index contributed by atoms with van der Waals surface area (Å²) in [5.41, 5.74) is 11.1. The Bertz CT molecular complexity index is 415. The number of nitrogens with two attached hydrogens (primary N) is 2. The zero-order chi connectivity index (χ0) is 14.5. The second kappa shape index (κ2) is 8.28. The van der Waals surface area contributed by atoms with Crippen molar-refractivity contribution in [2.75, 3.05) is 6.54 Å². The molecule has 0 fully saturated rings. The molecule has 8 heteroatoms. The van der Waals surface area contributed by atoms with Gasteiger partial charge in [0.2, 0.25) is 0 Å². The van der Waals surface area contributed by atoms with Crippen molar-refractivity contribution in [1.82, 2.24) is 0 Å². The van der Waals surface area contributed by atoms with Crippen molar-refractivity contribution in [3.8, 4) is 5.75 Å². The Labute approximate surface area is 120 Å². The van der Waals surface area contributed by atoms with Crippen LogP contribution in [-0.4, -0.2) is 12.9 Å². The highest BCUT2D eigenvalue weighted by Gasteiger charge is 2.31. The summed E-state index contributed by atoms with van der Waals surface area (Å²) in [6.07, 6.45) is -2.95. The molecule has 0 saturated carbocycles. The molecule has 0 aliphatic carbocycles. The first-order chi connectivity index (χ1) is 8.83. The lowest BCUT2D eigenvalue weighted by Gasteiger charge is -2.15. The number of ether oxygens (including phenoxy) is 1. The fourth-order valence-electron chi connectivity index (χ4n) is 1.67. The number of hydrogen-bond donors (Lipinski definition) is 2. The minimum absolute atomic E-state index is 0. The van der Waals surface area contributed by atoms with E-state index in [2.05, 4.69) is 4.74 Å². The van der Waals surface area contributed by atoms with Crippen LogP contribution in [0, 0.1) is 5.82 Å². The Hall–Kier alpha value is -1.05. The molecule has 20 heavy (non-hydrogen) atoms. The van der Waals surface area contributed by atoms with Gasteiger partial charge in [-0.05, 0) is 37.6 Å². The van der Waals surface area contributed by atoms with Crippen molar-refractivity contribution in [2.45, 2.75) is 31.7 Å². The third kappa shape index (κ3) is 6.40. The van der Waals surface area contributed by atoms with Crippen LogP contribution >= 0.6 is 12.4 Å². The van der Waals surface area contributed by atoms with Crippen LogP contribution < -0.4 is 16.2 Å². The van der Waals surface area contributed by atoms with Crippen LogP contribution in [0.1, 0.15) is 30.9 Å². The van der Waals surface area contributed by atoms with Gasteiger partial charge in [-0.3, -0.25) is 0 Å². The van der Waals surface area contributed by atoms with Gasteiger partial charge in [0, 0.05) is 11.6 Å². The Morgan fingerprint density at radius 3 is 2.40 bits per heavy atom. The highest BCUT2D eigenvalue weighted by atomic mass is 35.5. The summed E-state index contributed by atoms with van der Waals surface area (Å²) in [6.45, 7) is 0.492. The fourth-order valence-corrected chi connectivity index (χ4v) is 1.67. The molecular weight excluding hydrogens is 300 g/mol. The molecule has 0 aliphatic heterocycles. The van der Waals surface area contributed by atoms with Gasteiger partial charge in [0.1, 0.15) is 11.6 Å². The Balaban J connectivity index is 0.00000361. The lowest BCUT2D eigenvalue weighted by atomic mass is 10.0. The highest BCUT2D eigenvalue weighted by Crippen LogP contribution is 2.28. The van der Waals surface area contributed by atoms with E-state index in [1.165, 1.54) is 0 Å². The molecule has 3 nitrogen and oxygen atoms in total. The largest absolute Gasteiger partial charge is 0.573 e. The van der Waals surface area contributed by atoms with Gasteiger partial charge in [-0.2, -0.15) is 0 Å². The van der Waals surface area contributed by atoms with Crippen LogP contribution in [-0.2, 0) is 0 Å². The molecule has 1 rings (SSSR count). The van der Waals surface area contributed by atoms with Crippen molar-refractivity contribution >= 4 is 12.4 Å². The molecule has 0 aliphatic rings. The van der Waals surface area contributed by atoms with E-state index in [-0.39, 0.29) is 18.0 Å². The van der Waals surface area contributed by atoms with Gasteiger partial charge in [-0.25, -0.2) is 4.39 Å². The third-order valence-electron chi connectivity index (χ3n) is 2.57. The van der Waals surface area contributed by atoms with Crippen molar-refractivity contribution in [2.24, 2.45) is 11.5 Å². The zero-order valence-corrected chi connectivity index (χ0v) is 11.4. The molecule has 116 valence electrons. The van der Waals surface area contributed by atoms with Crippen molar-refractivity contribution in [3.05, 3.63) is 29.6 Å². The monoisotopic (exact) mass is 316 g/mol. The van der Waals surface area contributed by atoms with E-state index >= 15 is 0 Å². The van der Waals surface area contributed by atoms with Gasteiger partial charge in [0.05, 0.1) is 0 Å². The van der Waals surface area contributed by atoms with Gasteiger partial charge < -0.3 is 16.2 Å². The fraction of sp³-hybridized carbons (Fsp3) is 0.500. The molecule has 0 aromatic heterocycles. The Morgan fingerprint density at radius 1 is 1.20 bits per heavy atom. The summed E-state index contributed by atoms with van der Waals surface area (Å²) in [5, 5.41) is 0. The van der Waals surface area contributed by atoms with Gasteiger partial charge in [-0.15, -0.1) is 25.6 Å². The summed E-state index contributed by atoms with van der Waals surface area (Å²) >= 11 is 0. The molecule has 0 saturated heterocycles. The van der Waals surface area contributed by atoms with Crippen LogP contribution in [0.3, 0.4) is 0 Å². The molecule has 4 N–H and O–H groups in total. The number of unbranched alkanes of at least 4 members (excludes halogenated alkanes) is 1. The Morgan fingerprint density at radius 2 is 1.85 bits per heavy atom. The van der Waals surface area contributed by atoms with E-state index in [9.17, 15) is 17.6 Å². The quantitative estimate of drug-likeness (QED) is 0.625. The average Bonchev–Trinajstić information content (AvgIpc) is 2.30. The molecule has 0 unspecified atom stereocenters. The van der Waals surface area contributed by atoms with E-state index in [4.69, 9.17) is 11.5 Å². The average molecular weight is 317 g/mol. The van der Waals surface area contributed by atoms with Crippen molar-refractivity contribution in [1.29, 1.82) is 0 Å².